The zero-order chi connectivity index (χ0) is 22.1. The largest absolute Gasteiger partial charge is 0.491 e. The van der Waals surface area contributed by atoms with Crippen molar-refractivity contribution in [3.8, 4) is 5.75 Å². The van der Waals surface area contributed by atoms with Crippen molar-refractivity contribution in [2.75, 3.05) is 51.9 Å². The number of rotatable bonds is 10. The van der Waals surface area contributed by atoms with Crippen LogP contribution in [0.5, 0.6) is 5.75 Å². The van der Waals surface area contributed by atoms with Crippen LogP contribution in [0.3, 0.4) is 0 Å². The molecule has 0 aromatic heterocycles. The van der Waals surface area contributed by atoms with Crippen LogP contribution >= 0.6 is 0 Å². The van der Waals surface area contributed by atoms with Crippen LogP contribution < -0.4 is 10.1 Å². The molecule has 1 amide bonds. The summed E-state index contributed by atoms with van der Waals surface area (Å²) >= 11 is 0. The molecule has 31 heavy (non-hydrogen) atoms. The lowest BCUT2D eigenvalue weighted by Crippen LogP contribution is -2.40. The number of nitrogens with one attached hydrogen (secondary N) is 1. The molecule has 1 N–H and O–H groups in total. The molecule has 2 aromatic carbocycles. The zero-order valence-corrected chi connectivity index (χ0v) is 18.4. The number of nitrogens with zero attached hydrogens (tertiary/aromatic N) is 1. The number of benzene rings is 2. The molecule has 0 unspecified atom stereocenters. The molecule has 0 atom stereocenters. The minimum Gasteiger partial charge on any atom is -0.491 e. The molecule has 1 fully saturated rings. The van der Waals surface area contributed by atoms with Crippen LogP contribution in [0.2, 0.25) is 0 Å². The third kappa shape index (κ3) is 6.76. The maximum atomic E-state index is 12.7. The van der Waals surface area contributed by atoms with Crippen molar-refractivity contribution in [2.24, 2.45) is 0 Å². The third-order valence-corrected chi connectivity index (χ3v) is 6.78. The number of ether oxygens (including phenoxy) is 3. The smallest absolute Gasteiger partial charge is 0.243 e. The Morgan fingerprint density at radius 1 is 1.03 bits per heavy atom. The number of hydrogen-bond donors (Lipinski definition) is 1. The van der Waals surface area contributed by atoms with E-state index in [9.17, 15) is 13.2 Å². The molecule has 1 aliphatic heterocycles. The van der Waals surface area contributed by atoms with E-state index >= 15 is 0 Å². The summed E-state index contributed by atoms with van der Waals surface area (Å²) in [5.74, 6) is 0.597. The number of morpholine rings is 1. The Balaban J connectivity index is 1.48. The highest BCUT2D eigenvalue weighted by Crippen LogP contribution is 2.19. The molecule has 0 saturated carbocycles. The van der Waals surface area contributed by atoms with Gasteiger partial charge in [0.1, 0.15) is 12.4 Å². The zero-order valence-electron chi connectivity index (χ0n) is 17.6. The Morgan fingerprint density at radius 3 is 2.35 bits per heavy atom. The molecular weight excluding hydrogens is 420 g/mol. The number of methoxy groups -OCH3 is 1. The van der Waals surface area contributed by atoms with E-state index < -0.39 is 10.0 Å². The maximum Gasteiger partial charge on any atom is 0.243 e. The van der Waals surface area contributed by atoms with Gasteiger partial charge < -0.3 is 19.5 Å². The molecule has 9 heteroatoms. The van der Waals surface area contributed by atoms with Crippen LogP contribution in [0, 0.1) is 0 Å². The second-order valence-corrected chi connectivity index (χ2v) is 9.01. The lowest BCUT2D eigenvalue weighted by Gasteiger charge is -2.26. The molecular formula is C22H28N2O6S. The predicted octanol–water partition coefficient (Wildman–Crippen LogP) is 2.30. The van der Waals surface area contributed by atoms with Gasteiger partial charge in [0.25, 0.3) is 0 Å². The van der Waals surface area contributed by atoms with E-state index in [1.165, 1.54) is 4.31 Å². The summed E-state index contributed by atoms with van der Waals surface area (Å²) in [5, 5.41) is 2.85. The van der Waals surface area contributed by atoms with Crippen molar-refractivity contribution in [3.63, 3.8) is 0 Å². The highest BCUT2D eigenvalue weighted by Gasteiger charge is 2.26. The van der Waals surface area contributed by atoms with Gasteiger partial charge in [-0.15, -0.1) is 0 Å². The van der Waals surface area contributed by atoms with Gasteiger partial charge in [0, 0.05) is 32.3 Å². The van der Waals surface area contributed by atoms with Gasteiger partial charge in [-0.1, -0.05) is 12.1 Å². The van der Waals surface area contributed by atoms with Crippen LogP contribution in [-0.2, 0) is 30.7 Å². The second kappa shape index (κ2) is 11.2. The van der Waals surface area contributed by atoms with E-state index in [-0.39, 0.29) is 10.8 Å². The van der Waals surface area contributed by atoms with Gasteiger partial charge in [-0.2, -0.15) is 4.31 Å². The van der Waals surface area contributed by atoms with E-state index in [2.05, 4.69) is 5.32 Å². The van der Waals surface area contributed by atoms with Crippen molar-refractivity contribution < 1.29 is 27.4 Å². The number of sulfonamides is 1. The highest BCUT2D eigenvalue weighted by atomic mass is 32.2. The summed E-state index contributed by atoms with van der Waals surface area (Å²) < 4.78 is 42.4. The van der Waals surface area contributed by atoms with Gasteiger partial charge in [-0.3, -0.25) is 4.79 Å². The van der Waals surface area contributed by atoms with E-state index in [1.807, 2.05) is 0 Å². The van der Waals surface area contributed by atoms with E-state index in [0.29, 0.717) is 63.8 Å². The van der Waals surface area contributed by atoms with Gasteiger partial charge in [0.05, 0.1) is 24.7 Å². The monoisotopic (exact) mass is 448 g/mol. The standard InChI is InChI=1S/C22H28N2O6S/c1-28-16-17-30-20-7-5-19(6-8-20)23-22(25)11-4-18-2-9-21(10-3-18)31(26,27)24-12-14-29-15-13-24/h2-3,5-10H,4,11-17H2,1H3,(H,23,25). The average molecular weight is 449 g/mol. The Hall–Kier alpha value is -2.46. The van der Waals surface area contributed by atoms with E-state index in [0.717, 1.165) is 5.56 Å². The first-order chi connectivity index (χ1) is 15.0. The first kappa shape index (κ1) is 23.2. The summed E-state index contributed by atoms with van der Waals surface area (Å²) in [5.41, 5.74) is 1.59. The minimum absolute atomic E-state index is 0.113. The lowest BCUT2D eigenvalue weighted by molar-refractivity contribution is -0.116. The molecule has 168 valence electrons. The van der Waals surface area contributed by atoms with Gasteiger partial charge in [-0.25, -0.2) is 8.42 Å². The normalized spacial score (nSPS) is 14.9. The molecule has 0 spiro atoms. The van der Waals surface area contributed by atoms with Crippen LogP contribution in [0.15, 0.2) is 53.4 Å². The Bertz CT molecular complexity index is 939. The highest BCUT2D eigenvalue weighted by molar-refractivity contribution is 7.89. The molecule has 0 bridgehead atoms. The van der Waals surface area contributed by atoms with Crippen molar-refractivity contribution in [1.82, 2.24) is 4.31 Å². The molecule has 8 nitrogen and oxygen atoms in total. The number of aryl methyl sites for hydroxylation is 1. The van der Waals surface area contributed by atoms with E-state index in [1.54, 1.807) is 55.6 Å². The summed E-state index contributed by atoms with van der Waals surface area (Å²) in [4.78, 5) is 12.5. The molecule has 1 aliphatic rings. The average Bonchev–Trinajstić information content (AvgIpc) is 2.80. The summed E-state index contributed by atoms with van der Waals surface area (Å²) in [6.45, 7) is 2.54. The first-order valence-electron chi connectivity index (χ1n) is 10.2. The molecule has 2 aromatic rings. The predicted molar refractivity (Wildman–Crippen MR) is 117 cm³/mol. The SMILES string of the molecule is COCCOc1ccc(NC(=O)CCc2ccc(S(=O)(=O)N3CCOCC3)cc2)cc1. The summed E-state index contributed by atoms with van der Waals surface area (Å²) in [7, 11) is -1.89. The maximum absolute atomic E-state index is 12.7. The van der Waals surface area contributed by atoms with Crippen molar-refractivity contribution in [3.05, 3.63) is 54.1 Å². The van der Waals surface area contributed by atoms with Crippen molar-refractivity contribution in [2.45, 2.75) is 17.7 Å². The van der Waals surface area contributed by atoms with E-state index in [4.69, 9.17) is 14.2 Å². The van der Waals surface area contributed by atoms with Crippen molar-refractivity contribution in [1.29, 1.82) is 0 Å². The summed E-state index contributed by atoms with van der Waals surface area (Å²) in [6, 6.07) is 13.9. The fourth-order valence-electron chi connectivity index (χ4n) is 3.12. The quantitative estimate of drug-likeness (QED) is 0.561. The minimum atomic E-state index is -3.51. The molecule has 1 heterocycles. The fourth-order valence-corrected chi connectivity index (χ4v) is 4.53. The van der Waals surface area contributed by atoms with Gasteiger partial charge >= 0.3 is 0 Å². The number of carbonyl (C=O) groups excluding carboxylic acids is 1. The Kier molecular flexibility index (Phi) is 8.42. The number of hydrogen-bond acceptors (Lipinski definition) is 6. The molecule has 0 aliphatic carbocycles. The molecule has 3 rings (SSSR count). The van der Waals surface area contributed by atoms with Gasteiger partial charge in [0.15, 0.2) is 0 Å². The topological polar surface area (TPSA) is 94.2 Å². The first-order valence-corrected chi connectivity index (χ1v) is 11.6. The van der Waals surface area contributed by atoms with Crippen LogP contribution in [0.4, 0.5) is 5.69 Å². The molecule has 1 saturated heterocycles. The summed E-state index contributed by atoms with van der Waals surface area (Å²) in [6.07, 6.45) is 0.809. The number of carbonyl (C=O) groups is 1. The number of amides is 1. The number of anilines is 1. The van der Waals surface area contributed by atoms with Crippen LogP contribution in [-0.4, -0.2) is 65.3 Å². The molecule has 0 radical (unpaired) electrons. The second-order valence-electron chi connectivity index (χ2n) is 7.07. The fraction of sp³-hybridized carbons (Fsp3) is 0.409. The Morgan fingerprint density at radius 2 is 1.71 bits per heavy atom. The van der Waals surface area contributed by atoms with Crippen LogP contribution in [0.25, 0.3) is 0 Å². The third-order valence-electron chi connectivity index (χ3n) is 4.87. The van der Waals surface area contributed by atoms with Crippen molar-refractivity contribution >= 4 is 21.6 Å². The Labute approximate surface area is 183 Å². The lowest BCUT2D eigenvalue weighted by atomic mass is 10.1. The van der Waals surface area contributed by atoms with Gasteiger partial charge in [0.2, 0.25) is 15.9 Å². The van der Waals surface area contributed by atoms with Gasteiger partial charge in [-0.05, 0) is 48.4 Å². The van der Waals surface area contributed by atoms with Crippen LogP contribution in [0.1, 0.15) is 12.0 Å².